The number of nitrogens with zero attached hydrogens (tertiary/aromatic N) is 3. The number of hydrogen-bond donors (Lipinski definition) is 2. The van der Waals surface area contributed by atoms with E-state index < -0.39 is 30.3 Å². The number of nitrogens with one attached hydrogen (secondary N) is 2. The van der Waals surface area contributed by atoms with Gasteiger partial charge in [-0.2, -0.15) is 0 Å². The predicted molar refractivity (Wildman–Crippen MR) is 168 cm³/mol. The van der Waals surface area contributed by atoms with Gasteiger partial charge in [-0.15, -0.1) is 0 Å². The lowest BCUT2D eigenvalue weighted by Gasteiger charge is -2.36. The van der Waals surface area contributed by atoms with Crippen molar-refractivity contribution in [1.82, 2.24) is 25.3 Å². The van der Waals surface area contributed by atoms with E-state index in [0.717, 1.165) is 6.42 Å². The van der Waals surface area contributed by atoms with Crippen LogP contribution >= 0.6 is 0 Å². The van der Waals surface area contributed by atoms with Crippen LogP contribution in [-0.2, 0) is 19.2 Å². The van der Waals surface area contributed by atoms with Crippen LogP contribution in [0.4, 0.5) is 0 Å². The first-order valence-corrected chi connectivity index (χ1v) is 15.9. The number of fused-ring (bicyclic) bond motifs is 4. The Kier molecular flexibility index (Phi) is 10.9. The van der Waals surface area contributed by atoms with Crippen LogP contribution in [0.1, 0.15) is 65.4 Å². The summed E-state index contributed by atoms with van der Waals surface area (Å²) >= 11 is 0. The average Bonchev–Trinajstić information content (AvgIpc) is 3.63. The van der Waals surface area contributed by atoms with Crippen molar-refractivity contribution >= 4 is 29.7 Å². The standard InChI is InChI=1S/C33H49N5O6/c1-8-21(4)28(36(5)6)31(40)35-24(18-20(2)3)32(41)38-17-14-27-29(38)33(42)37-16-9-10-25(37)30(39)34-15-13-22-19-23(44-27)11-12-26(22)43-7/h11-13,15,19-21,24-25,27-29H,8-10,14,16-18H2,1-7H3,(H,34,39)(H,35,40)/b15-13-/t21-,24+,25-,27+,28-,29+/m1/s1. The van der Waals surface area contributed by atoms with Crippen molar-refractivity contribution in [1.29, 1.82) is 0 Å². The molecule has 1 aromatic carbocycles. The first-order chi connectivity index (χ1) is 21.0. The quantitative estimate of drug-likeness (QED) is 0.441. The molecule has 0 unspecified atom stereocenters. The van der Waals surface area contributed by atoms with Crippen molar-refractivity contribution in [2.24, 2.45) is 11.8 Å². The largest absolute Gasteiger partial charge is 0.496 e. The molecule has 2 fully saturated rings. The molecule has 3 aliphatic rings. The van der Waals surface area contributed by atoms with Gasteiger partial charge in [-0.3, -0.25) is 24.1 Å². The van der Waals surface area contributed by atoms with E-state index in [0.29, 0.717) is 55.8 Å². The Labute approximate surface area is 261 Å². The van der Waals surface area contributed by atoms with Crippen LogP contribution in [0, 0.1) is 11.8 Å². The van der Waals surface area contributed by atoms with Gasteiger partial charge in [-0.25, -0.2) is 0 Å². The third-order valence-electron chi connectivity index (χ3n) is 9.02. The van der Waals surface area contributed by atoms with Crippen LogP contribution in [-0.4, -0.2) is 103 Å². The highest BCUT2D eigenvalue weighted by atomic mass is 16.5. The Bertz CT molecular complexity index is 1250. The minimum absolute atomic E-state index is 0.0865. The van der Waals surface area contributed by atoms with Crippen molar-refractivity contribution in [3.8, 4) is 11.5 Å². The molecule has 0 aromatic heterocycles. The van der Waals surface area contributed by atoms with Crippen LogP contribution in [0.25, 0.3) is 6.08 Å². The van der Waals surface area contributed by atoms with Gasteiger partial charge >= 0.3 is 0 Å². The lowest BCUT2D eigenvalue weighted by atomic mass is 9.96. The molecule has 44 heavy (non-hydrogen) atoms. The van der Waals surface area contributed by atoms with E-state index in [1.54, 1.807) is 47.4 Å². The fourth-order valence-electron chi connectivity index (χ4n) is 6.68. The van der Waals surface area contributed by atoms with Crippen molar-refractivity contribution < 1.29 is 28.7 Å². The summed E-state index contributed by atoms with van der Waals surface area (Å²) in [7, 11) is 5.31. The number of benzene rings is 1. The van der Waals surface area contributed by atoms with Gasteiger partial charge in [0, 0.05) is 31.3 Å². The van der Waals surface area contributed by atoms with E-state index in [1.807, 2.05) is 46.7 Å². The summed E-state index contributed by atoms with van der Waals surface area (Å²) in [5.41, 5.74) is 0.707. The highest BCUT2D eigenvalue weighted by molar-refractivity contribution is 5.96. The first kappa shape index (κ1) is 33.3. The second-order valence-corrected chi connectivity index (χ2v) is 12.8. The molecule has 4 amide bonds. The summed E-state index contributed by atoms with van der Waals surface area (Å²) in [6.45, 7) is 8.79. The van der Waals surface area contributed by atoms with Crippen LogP contribution in [0.3, 0.4) is 0 Å². The van der Waals surface area contributed by atoms with Gasteiger partial charge < -0.3 is 29.9 Å². The normalized spacial score (nSPS) is 24.6. The summed E-state index contributed by atoms with van der Waals surface area (Å²) in [6, 6.07) is 2.54. The number of rotatable bonds is 9. The summed E-state index contributed by atoms with van der Waals surface area (Å²) in [6.07, 6.45) is 5.54. The molecular formula is C33H49N5O6. The van der Waals surface area contributed by atoms with Crippen LogP contribution < -0.4 is 20.1 Å². The summed E-state index contributed by atoms with van der Waals surface area (Å²) in [5, 5.41) is 5.88. The zero-order valence-electron chi connectivity index (χ0n) is 27.2. The van der Waals surface area contributed by atoms with Gasteiger partial charge in [0.1, 0.15) is 35.7 Å². The minimum atomic E-state index is -0.944. The Morgan fingerprint density at radius 2 is 1.91 bits per heavy atom. The Balaban J connectivity index is 1.69. The minimum Gasteiger partial charge on any atom is -0.496 e. The molecule has 4 rings (SSSR count). The van der Waals surface area contributed by atoms with Crippen LogP contribution in [0.15, 0.2) is 24.4 Å². The SMILES string of the molecule is CC[C@@H](C)[C@H](C(=O)N[C@@H](CC(C)C)C(=O)N1CC[C@@H]2Oc3ccc(OC)c(c3)/C=C\NC(=O)[C@H]3CCCN3C(=O)[C@H]21)N(C)C. The molecule has 0 saturated carbocycles. The highest BCUT2D eigenvalue weighted by Crippen LogP contribution is 2.32. The monoisotopic (exact) mass is 611 g/mol. The van der Waals surface area contributed by atoms with Gasteiger partial charge in [0.15, 0.2) is 0 Å². The lowest BCUT2D eigenvalue weighted by molar-refractivity contribution is -0.150. The molecule has 0 spiro atoms. The van der Waals surface area contributed by atoms with Crippen LogP contribution in [0.2, 0.25) is 0 Å². The third-order valence-corrected chi connectivity index (χ3v) is 9.02. The summed E-state index contributed by atoms with van der Waals surface area (Å²) in [5.74, 6) is 0.245. The summed E-state index contributed by atoms with van der Waals surface area (Å²) < 4.78 is 11.9. The number of likely N-dealkylation sites (tertiary alicyclic amines) is 1. The molecule has 242 valence electrons. The van der Waals surface area contributed by atoms with E-state index in [9.17, 15) is 19.2 Å². The Hall–Kier alpha value is -3.60. The second-order valence-electron chi connectivity index (χ2n) is 12.8. The van der Waals surface area contributed by atoms with Gasteiger partial charge in [0.25, 0.3) is 0 Å². The maximum absolute atomic E-state index is 14.4. The van der Waals surface area contributed by atoms with Gasteiger partial charge in [0.05, 0.1) is 13.2 Å². The van der Waals surface area contributed by atoms with E-state index in [-0.39, 0.29) is 35.5 Å². The van der Waals surface area contributed by atoms with Crippen molar-refractivity contribution in [3.63, 3.8) is 0 Å². The molecule has 3 aliphatic heterocycles. The first-order valence-electron chi connectivity index (χ1n) is 15.9. The number of ether oxygens (including phenoxy) is 2. The molecule has 2 bridgehead atoms. The van der Waals surface area contributed by atoms with Gasteiger partial charge in [-0.05, 0) is 69.5 Å². The number of hydrogen-bond acceptors (Lipinski definition) is 7. The van der Waals surface area contributed by atoms with Crippen molar-refractivity contribution in [2.45, 2.75) is 90.1 Å². The lowest BCUT2D eigenvalue weighted by Crippen LogP contribution is -2.60. The van der Waals surface area contributed by atoms with E-state index in [1.165, 1.54) is 0 Å². The molecule has 3 heterocycles. The molecular weight excluding hydrogens is 562 g/mol. The number of carbonyl (C=O) groups is 4. The fraction of sp³-hybridized carbons (Fsp3) is 0.636. The van der Waals surface area contributed by atoms with Gasteiger partial charge in [-0.1, -0.05) is 34.1 Å². The predicted octanol–water partition coefficient (Wildman–Crippen LogP) is 2.64. The molecule has 1 aromatic rings. The van der Waals surface area contributed by atoms with Gasteiger partial charge in [0.2, 0.25) is 23.6 Å². The topological polar surface area (TPSA) is 121 Å². The molecule has 11 heteroatoms. The maximum Gasteiger partial charge on any atom is 0.249 e. The summed E-state index contributed by atoms with van der Waals surface area (Å²) in [4.78, 5) is 60.5. The number of likely N-dealkylation sites (N-methyl/N-ethyl adjacent to an activating group) is 1. The number of methoxy groups -OCH3 is 1. The second kappa shape index (κ2) is 14.5. The zero-order valence-corrected chi connectivity index (χ0v) is 27.2. The van der Waals surface area contributed by atoms with Crippen molar-refractivity contribution in [2.75, 3.05) is 34.3 Å². The molecule has 2 N–H and O–H groups in total. The zero-order chi connectivity index (χ0) is 32.1. The Morgan fingerprint density at radius 3 is 2.57 bits per heavy atom. The van der Waals surface area contributed by atoms with Crippen LogP contribution in [0.5, 0.6) is 11.5 Å². The number of amides is 4. The fourth-order valence-corrected chi connectivity index (χ4v) is 6.68. The molecule has 0 radical (unpaired) electrons. The molecule has 0 aliphatic carbocycles. The molecule has 11 nitrogen and oxygen atoms in total. The average molecular weight is 612 g/mol. The number of carbonyl (C=O) groups excluding carboxylic acids is 4. The third kappa shape index (κ3) is 7.20. The van der Waals surface area contributed by atoms with Crippen molar-refractivity contribution in [3.05, 3.63) is 30.0 Å². The smallest absolute Gasteiger partial charge is 0.249 e. The van der Waals surface area contributed by atoms with E-state index >= 15 is 0 Å². The maximum atomic E-state index is 14.4. The Morgan fingerprint density at radius 1 is 1.16 bits per heavy atom. The van der Waals surface area contributed by atoms with E-state index in [2.05, 4.69) is 10.6 Å². The molecule has 6 atom stereocenters. The highest BCUT2D eigenvalue weighted by Gasteiger charge is 2.49. The van der Waals surface area contributed by atoms with E-state index in [4.69, 9.17) is 9.47 Å². The molecule has 2 saturated heterocycles.